The smallest absolute Gasteiger partial charge is 0.0182 e. The fourth-order valence-corrected chi connectivity index (χ4v) is 4.77. The van der Waals surface area contributed by atoms with Crippen LogP contribution in [0.3, 0.4) is 0 Å². The molecule has 1 heteroatoms. The Morgan fingerprint density at radius 3 is 1.25 bits per heavy atom. The highest BCUT2D eigenvalue weighted by atomic mass is 14.8. The Hall–Kier alpha value is -0.0400. The van der Waals surface area contributed by atoms with E-state index in [4.69, 9.17) is 5.73 Å². The summed E-state index contributed by atoms with van der Waals surface area (Å²) in [4.78, 5) is 0. The summed E-state index contributed by atoms with van der Waals surface area (Å²) in [5, 5.41) is 0. The maximum Gasteiger partial charge on any atom is 0.0182 e. The predicted molar refractivity (Wildman–Crippen MR) is 130 cm³/mol. The van der Waals surface area contributed by atoms with E-state index in [0.717, 1.165) is 5.92 Å². The number of rotatable bonds is 22. The van der Waals surface area contributed by atoms with Crippen LogP contribution in [0.25, 0.3) is 0 Å². The molecule has 0 saturated heterocycles. The van der Waals surface area contributed by atoms with Crippen molar-refractivity contribution in [1.82, 2.24) is 0 Å². The van der Waals surface area contributed by atoms with E-state index < -0.39 is 0 Å². The first kappa shape index (κ1) is 28.0. The van der Waals surface area contributed by atoms with Gasteiger partial charge in [-0.1, -0.05) is 137 Å². The van der Waals surface area contributed by atoms with Crippen molar-refractivity contribution in [3.8, 4) is 0 Å². The van der Waals surface area contributed by atoms with Gasteiger partial charge in [0, 0.05) is 5.54 Å². The molecule has 0 aliphatic rings. The van der Waals surface area contributed by atoms with Crippen LogP contribution < -0.4 is 5.73 Å². The summed E-state index contributed by atoms with van der Waals surface area (Å²) in [6.07, 6.45) is 28.9. The second-order valence-corrected chi connectivity index (χ2v) is 9.60. The van der Waals surface area contributed by atoms with Crippen LogP contribution in [-0.4, -0.2) is 5.54 Å². The lowest BCUT2D eigenvalue weighted by Gasteiger charge is -2.39. The van der Waals surface area contributed by atoms with Crippen LogP contribution in [0.15, 0.2) is 0 Å². The summed E-state index contributed by atoms with van der Waals surface area (Å²) in [7, 11) is 0. The molecule has 1 atom stereocenters. The third kappa shape index (κ3) is 14.9. The fourth-order valence-electron chi connectivity index (χ4n) is 4.77. The molecule has 0 saturated carbocycles. The molecule has 0 rings (SSSR count). The van der Waals surface area contributed by atoms with Gasteiger partial charge in [0.05, 0.1) is 0 Å². The molecule has 1 nitrogen and oxygen atoms in total. The number of hydrogen-bond acceptors (Lipinski definition) is 1. The fraction of sp³-hybridized carbons (Fsp3) is 1.00. The van der Waals surface area contributed by atoms with Crippen LogP contribution in [0.5, 0.6) is 0 Å². The van der Waals surface area contributed by atoms with Gasteiger partial charge in [0.15, 0.2) is 0 Å². The monoisotopic (exact) mass is 395 g/mol. The highest BCUT2D eigenvalue weighted by molar-refractivity contribution is 4.91. The van der Waals surface area contributed by atoms with E-state index in [1.54, 1.807) is 0 Å². The van der Waals surface area contributed by atoms with Crippen molar-refractivity contribution in [1.29, 1.82) is 0 Å². The van der Waals surface area contributed by atoms with Gasteiger partial charge in [0.1, 0.15) is 0 Å². The molecule has 0 heterocycles. The highest BCUT2D eigenvalue weighted by Gasteiger charge is 2.32. The third-order valence-electron chi connectivity index (χ3n) is 6.87. The normalized spacial score (nSPS) is 13.2. The molecule has 0 spiro atoms. The number of unbranched alkanes of at least 4 members (excludes halogenated alkanes) is 13. The summed E-state index contributed by atoms with van der Waals surface area (Å²) in [5.41, 5.74) is 7.20. The minimum absolute atomic E-state index is 0.111. The molecule has 0 fully saturated rings. The molecule has 2 N–H and O–H groups in total. The first-order chi connectivity index (χ1) is 13.6. The average molecular weight is 396 g/mol. The molecular formula is C27H57N. The largest absolute Gasteiger partial charge is 0.325 e. The Labute approximate surface area is 180 Å². The second-order valence-electron chi connectivity index (χ2n) is 9.60. The third-order valence-corrected chi connectivity index (χ3v) is 6.87. The van der Waals surface area contributed by atoms with Crippen molar-refractivity contribution in [2.75, 3.05) is 0 Å². The van der Waals surface area contributed by atoms with Crippen molar-refractivity contribution in [3.63, 3.8) is 0 Å². The quantitative estimate of drug-likeness (QED) is 0.181. The van der Waals surface area contributed by atoms with E-state index in [0.29, 0.717) is 0 Å². The molecule has 0 aromatic heterocycles. The van der Waals surface area contributed by atoms with Gasteiger partial charge >= 0.3 is 0 Å². The maximum absolute atomic E-state index is 7.09. The zero-order chi connectivity index (χ0) is 20.9. The molecule has 0 aromatic carbocycles. The molecule has 0 aromatic rings. The van der Waals surface area contributed by atoms with Crippen LogP contribution in [0, 0.1) is 5.92 Å². The zero-order valence-corrected chi connectivity index (χ0v) is 20.5. The van der Waals surface area contributed by atoms with Crippen LogP contribution >= 0.6 is 0 Å². The van der Waals surface area contributed by atoms with Gasteiger partial charge in [-0.3, -0.25) is 0 Å². The lowest BCUT2D eigenvalue weighted by Crippen LogP contribution is -2.47. The van der Waals surface area contributed by atoms with Crippen molar-refractivity contribution in [3.05, 3.63) is 0 Å². The lowest BCUT2D eigenvalue weighted by atomic mass is 9.72. The SMILES string of the molecule is CCCCCCCCCCCCCC(CCCC)C(N)(CCCC)CCCC. The van der Waals surface area contributed by atoms with E-state index >= 15 is 0 Å². The Morgan fingerprint density at radius 2 is 0.821 bits per heavy atom. The standard InChI is InChI=1S/C27H57N/c1-5-9-13-14-15-16-17-18-19-20-21-23-26(22-10-6-2)27(28,24-11-7-3)25-12-8-4/h26H,5-25,28H2,1-4H3. The van der Waals surface area contributed by atoms with E-state index in [-0.39, 0.29) is 5.54 Å². The molecule has 170 valence electrons. The Bertz CT molecular complexity index is 291. The van der Waals surface area contributed by atoms with Crippen LogP contribution in [0.2, 0.25) is 0 Å². The van der Waals surface area contributed by atoms with Crippen LogP contribution in [-0.2, 0) is 0 Å². The number of nitrogens with two attached hydrogens (primary N) is 1. The summed E-state index contributed by atoms with van der Waals surface area (Å²) in [6.45, 7) is 9.25. The van der Waals surface area contributed by atoms with Crippen molar-refractivity contribution in [2.45, 2.75) is 168 Å². The summed E-state index contributed by atoms with van der Waals surface area (Å²) >= 11 is 0. The van der Waals surface area contributed by atoms with Gasteiger partial charge in [-0.2, -0.15) is 0 Å². The van der Waals surface area contributed by atoms with Crippen molar-refractivity contribution in [2.24, 2.45) is 11.7 Å². The van der Waals surface area contributed by atoms with E-state index in [2.05, 4.69) is 27.7 Å². The van der Waals surface area contributed by atoms with Crippen LogP contribution in [0.1, 0.15) is 163 Å². The first-order valence-corrected chi connectivity index (χ1v) is 13.4. The van der Waals surface area contributed by atoms with Gasteiger partial charge in [-0.05, 0) is 31.6 Å². The molecule has 1 unspecified atom stereocenters. The minimum Gasteiger partial charge on any atom is -0.325 e. The van der Waals surface area contributed by atoms with Crippen molar-refractivity contribution < 1.29 is 0 Å². The van der Waals surface area contributed by atoms with E-state index in [1.165, 1.54) is 135 Å². The highest BCUT2D eigenvalue weighted by Crippen LogP contribution is 2.34. The maximum atomic E-state index is 7.09. The molecular weight excluding hydrogens is 338 g/mol. The van der Waals surface area contributed by atoms with Crippen molar-refractivity contribution >= 4 is 0 Å². The van der Waals surface area contributed by atoms with Gasteiger partial charge < -0.3 is 5.73 Å². The molecule has 28 heavy (non-hydrogen) atoms. The van der Waals surface area contributed by atoms with Gasteiger partial charge in [-0.25, -0.2) is 0 Å². The Balaban J connectivity index is 4.14. The average Bonchev–Trinajstić information content (AvgIpc) is 2.71. The molecule has 0 aliphatic heterocycles. The Kier molecular flexibility index (Phi) is 20.2. The van der Waals surface area contributed by atoms with Gasteiger partial charge in [-0.15, -0.1) is 0 Å². The van der Waals surface area contributed by atoms with Crippen LogP contribution in [0.4, 0.5) is 0 Å². The molecule has 0 aliphatic carbocycles. The topological polar surface area (TPSA) is 26.0 Å². The molecule has 0 bridgehead atoms. The molecule has 0 radical (unpaired) electrons. The number of hydrogen-bond donors (Lipinski definition) is 1. The minimum atomic E-state index is 0.111. The first-order valence-electron chi connectivity index (χ1n) is 13.4. The summed E-state index contributed by atoms with van der Waals surface area (Å²) in [6, 6.07) is 0. The predicted octanol–water partition coefficient (Wildman–Crippen LogP) is 9.57. The van der Waals surface area contributed by atoms with E-state index in [1.807, 2.05) is 0 Å². The van der Waals surface area contributed by atoms with Gasteiger partial charge in [0.2, 0.25) is 0 Å². The molecule has 0 amide bonds. The Morgan fingerprint density at radius 1 is 0.464 bits per heavy atom. The zero-order valence-electron chi connectivity index (χ0n) is 20.5. The summed E-state index contributed by atoms with van der Waals surface area (Å²) in [5.74, 6) is 0.754. The second kappa shape index (κ2) is 20.2. The van der Waals surface area contributed by atoms with Gasteiger partial charge in [0.25, 0.3) is 0 Å². The summed E-state index contributed by atoms with van der Waals surface area (Å²) < 4.78 is 0. The lowest BCUT2D eigenvalue weighted by molar-refractivity contribution is 0.193. The van der Waals surface area contributed by atoms with E-state index in [9.17, 15) is 0 Å².